The standard InChI is InChI=1S/C41H74O6/c1-3-5-7-9-11-12-13-14-15-16-17-18-19-20-22-26-30-34-40(44)46-36-39(43)37-47-41(45)35-31-27-23-25-29-33-38(42)32-28-24-21-10-8-6-4-2/h6,8,21,24,28,32,38-39,42-43H,3-5,7,9-20,22-23,25-27,29-31,33-37H2,1-2H3/b8-6+,24-21+,32-28+/t38?,39-/m0/s1. The van der Waals surface area contributed by atoms with E-state index < -0.39 is 12.2 Å². The van der Waals surface area contributed by atoms with Gasteiger partial charge >= 0.3 is 11.9 Å². The molecule has 2 atom stereocenters. The molecule has 0 saturated heterocycles. The van der Waals surface area contributed by atoms with Crippen molar-refractivity contribution < 1.29 is 29.3 Å². The molecule has 0 aromatic carbocycles. The second-order valence-electron chi connectivity index (χ2n) is 13.2. The maximum Gasteiger partial charge on any atom is 0.305 e. The summed E-state index contributed by atoms with van der Waals surface area (Å²) < 4.78 is 10.3. The van der Waals surface area contributed by atoms with Crippen molar-refractivity contribution in [3.05, 3.63) is 36.5 Å². The van der Waals surface area contributed by atoms with Gasteiger partial charge in [-0.1, -0.05) is 179 Å². The predicted molar refractivity (Wildman–Crippen MR) is 197 cm³/mol. The molecular weight excluding hydrogens is 588 g/mol. The topological polar surface area (TPSA) is 93.1 Å². The number of esters is 2. The molecule has 0 aliphatic rings. The van der Waals surface area contributed by atoms with Crippen LogP contribution < -0.4 is 0 Å². The van der Waals surface area contributed by atoms with Crippen LogP contribution in [0, 0.1) is 0 Å². The SMILES string of the molecule is CC/C=C/C/C=C/C=C/C(O)CCCCCCCC(=O)OC[C@@H](O)COC(=O)CCCCCCCCCCCCCCCCCCC. The fourth-order valence-electron chi connectivity index (χ4n) is 5.51. The van der Waals surface area contributed by atoms with Crippen molar-refractivity contribution in [1.29, 1.82) is 0 Å². The minimum absolute atomic E-state index is 0.140. The molecule has 0 aliphatic carbocycles. The Hall–Kier alpha value is -1.92. The first-order valence-electron chi connectivity index (χ1n) is 19.6. The van der Waals surface area contributed by atoms with Crippen LogP contribution in [0.15, 0.2) is 36.5 Å². The number of hydrogen-bond acceptors (Lipinski definition) is 6. The van der Waals surface area contributed by atoms with E-state index in [1.165, 1.54) is 89.9 Å². The summed E-state index contributed by atoms with van der Waals surface area (Å²) in [5.74, 6) is -0.634. The zero-order valence-corrected chi connectivity index (χ0v) is 30.7. The number of hydrogen-bond donors (Lipinski definition) is 2. The van der Waals surface area contributed by atoms with E-state index in [4.69, 9.17) is 9.47 Å². The molecule has 0 amide bonds. The van der Waals surface area contributed by atoms with Gasteiger partial charge in [0.2, 0.25) is 0 Å². The predicted octanol–water partition coefficient (Wildman–Crippen LogP) is 11.0. The van der Waals surface area contributed by atoms with E-state index in [1.54, 1.807) is 0 Å². The lowest BCUT2D eigenvalue weighted by Crippen LogP contribution is -2.25. The van der Waals surface area contributed by atoms with Gasteiger partial charge < -0.3 is 19.7 Å². The van der Waals surface area contributed by atoms with Crippen LogP contribution in [-0.2, 0) is 19.1 Å². The fourth-order valence-corrected chi connectivity index (χ4v) is 5.51. The molecule has 0 saturated carbocycles. The van der Waals surface area contributed by atoms with Gasteiger partial charge in [0.15, 0.2) is 0 Å². The summed E-state index contributed by atoms with van der Waals surface area (Å²) in [4.78, 5) is 23.9. The number of allylic oxidation sites excluding steroid dienone is 5. The van der Waals surface area contributed by atoms with Gasteiger partial charge in [-0.05, 0) is 32.1 Å². The Morgan fingerprint density at radius 3 is 1.40 bits per heavy atom. The molecule has 0 aromatic rings. The van der Waals surface area contributed by atoms with E-state index in [1.807, 2.05) is 18.2 Å². The molecule has 6 heteroatoms. The zero-order chi connectivity index (χ0) is 34.5. The number of unbranched alkanes of at least 4 members (excludes halogenated alkanes) is 20. The number of ether oxygens (including phenoxy) is 2. The number of rotatable bonds is 35. The Morgan fingerprint density at radius 2 is 0.957 bits per heavy atom. The second-order valence-corrected chi connectivity index (χ2v) is 13.2. The van der Waals surface area contributed by atoms with E-state index in [2.05, 4.69) is 32.1 Å². The Labute approximate surface area is 289 Å². The molecule has 0 spiro atoms. The van der Waals surface area contributed by atoms with E-state index in [0.717, 1.165) is 70.6 Å². The van der Waals surface area contributed by atoms with Gasteiger partial charge in [-0.25, -0.2) is 0 Å². The quantitative estimate of drug-likeness (QED) is 0.0304. The molecule has 0 fully saturated rings. The lowest BCUT2D eigenvalue weighted by atomic mass is 10.0. The molecular formula is C41H74O6. The molecule has 0 rings (SSSR count). The van der Waals surface area contributed by atoms with E-state index in [0.29, 0.717) is 12.8 Å². The highest BCUT2D eigenvalue weighted by Crippen LogP contribution is 2.15. The third kappa shape index (κ3) is 36.8. The van der Waals surface area contributed by atoms with Crippen molar-refractivity contribution in [2.24, 2.45) is 0 Å². The number of aliphatic hydroxyl groups is 2. The summed E-state index contributed by atoms with van der Waals surface area (Å²) in [5, 5.41) is 20.0. The molecule has 6 nitrogen and oxygen atoms in total. The van der Waals surface area contributed by atoms with Crippen molar-refractivity contribution in [3.8, 4) is 0 Å². The highest BCUT2D eigenvalue weighted by molar-refractivity contribution is 5.69. The first kappa shape index (κ1) is 45.1. The number of aliphatic hydroxyl groups excluding tert-OH is 2. The van der Waals surface area contributed by atoms with Gasteiger partial charge in [0, 0.05) is 12.8 Å². The maximum absolute atomic E-state index is 12.0. The van der Waals surface area contributed by atoms with Gasteiger partial charge in [0.1, 0.15) is 19.3 Å². The van der Waals surface area contributed by atoms with Crippen molar-refractivity contribution >= 4 is 11.9 Å². The molecule has 0 aliphatic heterocycles. The van der Waals surface area contributed by atoms with Crippen molar-refractivity contribution in [3.63, 3.8) is 0 Å². The Bertz CT molecular complexity index is 774. The van der Waals surface area contributed by atoms with Crippen LogP contribution in [0.25, 0.3) is 0 Å². The highest BCUT2D eigenvalue weighted by atomic mass is 16.6. The van der Waals surface area contributed by atoms with Gasteiger partial charge in [0.25, 0.3) is 0 Å². The molecule has 0 heterocycles. The van der Waals surface area contributed by atoms with Crippen LogP contribution in [0.5, 0.6) is 0 Å². The Balaban J connectivity index is 3.50. The van der Waals surface area contributed by atoms with Crippen LogP contribution in [0.3, 0.4) is 0 Å². The summed E-state index contributed by atoms with van der Waals surface area (Å²) in [6.07, 6.45) is 40.8. The Morgan fingerprint density at radius 1 is 0.532 bits per heavy atom. The van der Waals surface area contributed by atoms with Crippen LogP contribution >= 0.6 is 0 Å². The minimum Gasteiger partial charge on any atom is -0.463 e. The molecule has 47 heavy (non-hydrogen) atoms. The van der Waals surface area contributed by atoms with Crippen molar-refractivity contribution in [2.45, 2.75) is 199 Å². The zero-order valence-electron chi connectivity index (χ0n) is 30.7. The molecule has 2 N–H and O–H groups in total. The monoisotopic (exact) mass is 663 g/mol. The largest absolute Gasteiger partial charge is 0.463 e. The normalized spacial score (nSPS) is 13.2. The van der Waals surface area contributed by atoms with Gasteiger partial charge in [0.05, 0.1) is 6.10 Å². The smallest absolute Gasteiger partial charge is 0.305 e. The summed E-state index contributed by atoms with van der Waals surface area (Å²) >= 11 is 0. The van der Waals surface area contributed by atoms with Crippen LogP contribution in [0.2, 0.25) is 0 Å². The maximum atomic E-state index is 12.0. The summed E-state index contributed by atoms with van der Waals surface area (Å²) in [5.41, 5.74) is 0. The van der Waals surface area contributed by atoms with E-state index >= 15 is 0 Å². The third-order valence-electron chi connectivity index (χ3n) is 8.49. The first-order chi connectivity index (χ1) is 23.0. The molecule has 1 unspecified atom stereocenters. The number of carbonyl (C=O) groups excluding carboxylic acids is 2. The lowest BCUT2D eigenvalue weighted by Gasteiger charge is -2.12. The summed E-state index contributed by atoms with van der Waals surface area (Å²) in [7, 11) is 0. The summed E-state index contributed by atoms with van der Waals surface area (Å²) in [6.45, 7) is 4.10. The van der Waals surface area contributed by atoms with Gasteiger partial charge in [-0.2, -0.15) is 0 Å². The lowest BCUT2D eigenvalue weighted by molar-refractivity contribution is -0.152. The second kappa shape index (κ2) is 36.9. The van der Waals surface area contributed by atoms with Crippen LogP contribution in [-0.4, -0.2) is 47.6 Å². The summed E-state index contributed by atoms with van der Waals surface area (Å²) in [6, 6.07) is 0. The minimum atomic E-state index is -0.993. The fraction of sp³-hybridized carbons (Fsp3) is 0.805. The average molecular weight is 663 g/mol. The van der Waals surface area contributed by atoms with Gasteiger partial charge in [-0.15, -0.1) is 0 Å². The molecule has 0 bridgehead atoms. The molecule has 0 aromatic heterocycles. The molecule has 0 radical (unpaired) electrons. The van der Waals surface area contributed by atoms with Crippen molar-refractivity contribution in [2.75, 3.05) is 13.2 Å². The van der Waals surface area contributed by atoms with Crippen LogP contribution in [0.1, 0.15) is 187 Å². The first-order valence-corrected chi connectivity index (χ1v) is 19.6. The van der Waals surface area contributed by atoms with E-state index in [9.17, 15) is 19.8 Å². The number of carbonyl (C=O) groups is 2. The van der Waals surface area contributed by atoms with Crippen molar-refractivity contribution in [1.82, 2.24) is 0 Å². The van der Waals surface area contributed by atoms with Crippen LogP contribution in [0.4, 0.5) is 0 Å². The van der Waals surface area contributed by atoms with E-state index in [-0.39, 0.29) is 25.2 Å². The average Bonchev–Trinajstić information content (AvgIpc) is 3.06. The highest BCUT2D eigenvalue weighted by Gasteiger charge is 2.12. The van der Waals surface area contributed by atoms with Gasteiger partial charge in [-0.3, -0.25) is 9.59 Å². The third-order valence-corrected chi connectivity index (χ3v) is 8.49. The Kier molecular flexibility index (Phi) is 35.4. The molecule has 274 valence electrons.